The van der Waals surface area contributed by atoms with E-state index in [9.17, 15) is 4.79 Å². The monoisotopic (exact) mass is 305 g/mol. The number of pyridine rings is 1. The van der Waals surface area contributed by atoms with E-state index in [0.29, 0.717) is 12.4 Å². The Kier molecular flexibility index (Phi) is 4.30. The quantitative estimate of drug-likeness (QED) is 0.515. The number of nitrogens with zero attached hydrogens (tertiary/aromatic N) is 4. The van der Waals surface area contributed by atoms with Crippen molar-refractivity contribution in [1.29, 1.82) is 0 Å². The average Bonchev–Trinajstić information content (AvgIpc) is 2.75. The zero-order chi connectivity index (χ0) is 15.5. The molecule has 0 bridgehead atoms. The van der Waals surface area contributed by atoms with Crippen molar-refractivity contribution < 1.29 is 9.53 Å². The van der Waals surface area contributed by atoms with Crippen LogP contribution in [-0.2, 0) is 11.3 Å². The molecule has 0 saturated heterocycles. The van der Waals surface area contributed by atoms with Crippen LogP contribution < -0.4 is 5.32 Å². The van der Waals surface area contributed by atoms with Crippen LogP contribution in [0.15, 0.2) is 23.4 Å². The second-order valence-corrected chi connectivity index (χ2v) is 6.50. The molecule has 0 saturated carbocycles. The van der Waals surface area contributed by atoms with E-state index in [1.165, 1.54) is 11.3 Å². The molecule has 0 unspecified atom stereocenters. The molecule has 21 heavy (non-hydrogen) atoms. The number of hydrogen-bond donors (Lipinski definition) is 1. The van der Waals surface area contributed by atoms with E-state index in [-0.39, 0.29) is 0 Å². The fourth-order valence-corrected chi connectivity index (χ4v) is 2.63. The van der Waals surface area contributed by atoms with Gasteiger partial charge in [0.05, 0.1) is 6.54 Å². The van der Waals surface area contributed by atoms with E-state index in [4.69, 9.17) is 10.3 Å². The minimum atomic E-state index is -0.556. The molecule has 2 aromatic heterocycles. The number of rotatable bonds is 3. The Morgan fingerprint density at radius 3 is 2.95 bits per heavy atom. The van der Waals surface area contributed by atoms with Crippen molar-refractivity contribution in [2.75, 3.05) is 5.32 Å². The molecule has 1 N–H and O–H groups in total. The van der Waals surface area contributed by atoms with Gasteiger partial charge in [-0.15, -0.1) is 11.3 Å². The van der Waals surface area contributed by atoms with Gasteiger partial charge in [0.25, 0.3) is 0 Å². The maximum absolute atomic E-state index is 11.7. The third kappa shape index (κ3) is 4.34. The Labute approximate surface area is 125 Å². The number of aromatic nitrogens is 1. The molecule has 1 amide bonds. The number of nitrogens with one attached hydrogen (secondary N) is 1. The summed E-state index contributed by atoms with van der Waals surface area (Å²) in [5, 5.41) is 7.07. The topological polar surface area (TPSA) is 100.0 Å². The molecule has 8 heteroatoms. The summed E-state index contributed by atoms with van der Waals surface area (Å²) in [6.07, 6.45) is 1.12. The molecule has 2 rings (SSSR count). The third-order valence-electron chi connectivity index (χ3n) is 2.37. The molecular formula is C13H15N5O2S. The van der Waals surface area contributed by atoms with Crippen LogP contribution in [0.25, 0.3) is 20.5 Å². The molecule has 0 atom stereocenters. The van der Waals surface area contributed by atoms with Crippen molar-refractivity contribution in [2.24, 2.45) is 5.11 Å². The summed E-state index contributed by atoms with van der Waals surface area (Å²) in [5.41, 5.74) is 7.77. The van der Waals surface area contributed by atoms with Crippen LogP contribution in [0.5, 0.6) is 0 Å². The molecule has 0 fully saturated rings. The maximum atomic E-state index is 11.7. The van der Waals surface area contributed by atoms with Gasteiger partial charge in [-0.05, 0) is 38.4 Å². The molecule has 0 spiro atoms. The lowest BCUT2D eigenvalue weighted by atomic mass is 10.2. The fourth-order valence-electron chi connectivity index (χ4n) is 1.64. The largest absolute Gasteiger partial charge is 0.444 e. The molecule has 0 aliphatic rings. The number of amides is 1. The summed E-state index contributed by atoms with van der Waals surface area (Å²) in [6, 6.07) is 3.68. The summed E-state index contributed by atoms with van der Waals surface area (Å²) >= 11 is 1.49. The lowest BCUT2D eigenvalue weighted by molar-refractivity contribution is 0.0635. The smallest absolute Gasteiger partial charge is 0.413 e. The fraction of sp³-hybridized carbons (Fsp3) is 0.385. The first-order chi connectivity index (χ1) is 9.87. The predicted octanol–water partition coefficient (Wildman–Crippen LogP) is 4.45. The highest BCUT2D eigenvalue weighted by Crippen LogP contribution is 2.27. The second-order valence-electron chi connectivity index (χ2n) is 5.34. The van der Waals surface area contributed by atoms with Crippen LogP contribution in [0.1, 0.15) is 25.6 Å². The molecule has 0 radical (unpaired) electrons. The number of carbonyl (C=O) groups is 1. The Balaban J connectivity index is 2.15. The van der Waals surface area contributed by atoms with Gasteiger partial charge >= 0.3 is 6.09 Å². The van der Waals surface area contributed by atoms with Gasteiger partial charge in [0.15, 0.2) is 0 Å². The molecule has 2 aromatic rings. The summed E-state index contributed by atoms with van der Waals surface area (Å²) in [7, 11) is 0. The van der Waals surface area contributed by atoms with Crippen molar-refractivity contribution >= 4 is 33.3 Å². The van der Waals surface area contributed by atoms with Crippen LogP contribution in [0.2, 0.25) is 0 Å². The Hall–Kier alpha value is -2.31. The van der Waals surface area contributed by atoms with E-state index in [1.807, 2.05) is 6.07 Å². The zero-order valence-corrected chi connectivity index (χ0v) is 12.8. The van der Waals surface area contributed by atoms with Crippen molar-refractivity contribution in [3.05, 3.63) is 33.6 Å². The number of ether oxygens (including phenoxy) is 1. The molecule has 2 heterocycles. The minimum absolute atomic E-state index is 0.310. The van der Waals surface area contributed by atoms with Crippen molar-refractivity contribution in [2.45, 2.75) is 32.9 Å². The summed E-state index contributed by atoms with van der Waals surface area (Å²) in [5.74, 6) is 0.425. The molecular weight excluding hydrogens is 290 g/mol. The highest BCUT2D eigenvalue weighted by Gasteiger charge is 2.16. The second kappa shape index (κ2) is 5.99. The highest BCUT2D eigenvalue weighted by molar-refractivity contribution is 7.19. The molecule has 110 valence electrons. The number of thiophene rings is 1. The van der Waals surface area contributed by atoms with Gasteiger partial charge in [-0.2, -0.15) is 0 Å². The van der Waals surface area contributed by atoms with E-state index < -0.39 is 11.7 Å². The van der Waals surface area contributed by atoms with Crippen molar-refractivity contribution in [3.63, 3.8) is 0 Å². The van der Waals surface area contributed by atoms with Gasteiger partial charge in [-0.3, -0.25) is 5.32 Å². The Morgan fingerprint density at radius 1 is 1.52 bits per heavy atom. The van der Waals surface area contributed by atoms with E-state index in [1.54, 1.807) is 33.0 Å². The van der Waals surface area contributed by atoms with Gasteiger partial charge in [0, 0.05) is 26.1 Å². The van der Waals surface area contributed by atoms with E-state index in [0.717, 1.165) is 15.0 Å². The normalized spacial score (nSPS) is 11.0. The predicted molar refractivity (Wildman–Crippen MR) is 82.3 cm³/mol. The van der Waals surface area contributed by atoms with Gasteiger partial charge in [0.2, 0.25) is 0 Å². The van der Waals surface area contributed by atoms with Crippen LogP contribution in [0.4, 0.5) is 10.6 Å². The average molecular weight is 305 g/mol. The first-order valence-electron chi connectivity index (χ1n) is 6.27. The SMILES string of the molecule is CC(C)(C)OC(=O)Nc1cc2sc(CN=[N+]=[N-])cc2cn1. The van der Waals surface area contributed by atoms with Crippen molar-refractivity contribution in [1.82, 2.24) is 4.98 Å². The third-order valence-corrected chi connectivity index (χ3v) is 3.45. The van der Waals surface area contributed by atoms with Gasteiger partial charge in [-0.25, -0.2) is 9.78 Å². The first-order valence-corrected chi connectivity index (χ1v) is 7.08. The van der Waals surface area contributed by atoms with Gasteiger partial charge in [0.1, 0.15) is 11.4 Å². The molecule has 0 aliphatic carbocycles. The summed E-state index contributed by atoms with van der Waals surface area (Å²) < 4.78 is 6.13. The molecule has 0 aliphatic heterocycles. The van der Waals surface area contributed by atoms with Gasteiger partial charge < -0.3 is 4.74 Å². The Bertz CT molecular complexity index is 713. The lowest BCUT2D eigenvalue weighted by Crippen LogP contribution is -2.27. The van der Waals surface area contributed by atoms with Crippen LogP contribution >= 0.6 is 11.3 Å². The van der Waals surface area contributed by atoms with Crippen LogP contribution in [0, 0.1) is 0 Å². The minimum Gasteiger partial charge on any atom is -0.444 e. The highest BCUT2D eigenvalue weighted by atomic mass is 32.1. The number of anilines is 1. The van der Waals surface area contributed by atoms with Crippen molar-refractivity contribution in [3.8, 4) is 0 Å². The molecule has 7 nitrogen and oxygen atoms in total. The Morgan fingerprint density at radius 2 is 2.29 bits per heavy atom. The molecule has 0 aromatic carbocycles. The summed E-state index contributed by atoms with van der Waals surface area (Å²) in [4.78, 5) is 19.5. The van der Waals surface area contributed by atoms with E-state index in [2.05, 4.69) is 20.3 Å². The van der Waals surface area contributed by atoms with Gasteiger partial charge in [-0.1, -0.05) is 5.11 Å². The maximum Gasteiger partial charge on any atom is 0.413 e. The van der Waals surface area contributed by atoms with E-state index >= 15 is 0 Å². The first kappa shape index (κ1) is 15.1. The van der Waals surface area contributed by atoms with Crippen LogP contribution in [-0.4, -0.2) is 16.7 Å². The number of fused-ring (bicyclic) bond motifs is 1. The summed E-state index contributed by atoms with van der Waals surface area (Å²) in [6.45, 7) is 5.70. The van der Waals surface area contributed by atoms with Crippen LogP contribution in [0.3, 0.4) is 0 Å². The zero-order valence-electron chi connectivity index (χ0n) is 12.0. The number of carbonyl (C=O) groups excluding carboxylic acids is 1. The lowest BCUT2D eigenvalue weighted by Gasteiger charge is -2.19. The number of hydrogen-bond acceptors (Lipinski definition) is 5. The number of azide groups is 1. The standard InChI is InChI=1S/C13H15N5O2S/c1-13(2,3)20-12(19)17-11-5-10-8(6-15-11)4-9(21-10)7-16-18-14/h4-6H,7H2,1-3H3,(H,15,17,19).